The van der Waals surface area contributed by atoms with Crippen molar-refractivity contribution in [2.45, 2.75) is 5.88 Å². The molecule has 0 amide bonds. The highest BCUT2D eigenvalue weighted by atomic mass is 35.5. The Morgan fingerprint density at radius 3 is 3.00 bits per heavy atom. The van der Waals surface area contributed by atoms with Crippen LogP contribution in [0.1, 0.15) is 5.76 Å². The molecule has 0 N–H and O–H groups in total. The van der Waals surface area contributed by atoms with Crippen molar-refractivity contribution < 1.29 is 8.83 Å². The zero-order valence-electron chi connectivity index (χ0n) is 6.04. The van der Waals surface area contributed by atoms with Crippen LogP contribution in [0.25, 0.3) is 11.3 Å². The predicted molar refractivity (Wildman–Crippen MR) is 43.4 cm³/mol. The second-order valence-corrected chi connectivity index (χ2v) is 2.63. The Hall–Kier alpha value is -1.22. The molecule has 2 aliphatic heterocycles. The van der Waals surface area contributed by atoms with Gasteiger partial charge in [-0.1, -0.05) is 0 Å². The van der Waals surface area contributed by atoms with Gasteiger partial charge in [0.25, 0.3) is 0 Å². The molecular formula is C8H5ClO3. The topological polar surface area (TPSA) is 43.4 Å². The minimum atomic E-state index is -0.369. The maximum atomic E-state index is 10.7. The largest absolute Gasteiger partial charge is 0.464 e. The van der Waals surface area contributed by atoms with Crippen LogP contribution in [0, 0.1) is 0 Å². The van der Waals surface area contributed by atoms with Gasteiger partial charge in [0, 0.05) is 11.6 Å². The lowest BCUT2D eigenvalue weighted by Gasteiger charge is -1.96. The maximum Gasteiger partial charge on any atom is 0.337 e. The van der Waals surface area contributed by atoms with Crippen molar-refractivity contribution in [2.24, 2.45) is 0 Å². The lowest BCUT2D eigenvalue weighted by molar-refractivity contribution is 0.474. The fourth-order valence-corrected chi connectivity index (χ4v) is 1.15. The third-order valence-corrected chi connectivity index (χ3v) is 1.80. The molecule has 4 heteroatoms. The molecule has 0 aliphatic carbocycles. The van der Waals surface area contributed by atoms with Crippen molar-refractivity contribution in [1.82, 2.24) is 0 Å². The molecule has 0 radical (unpaired) electrons. The van der Waals surface area contributed by atoms with Crippen molar-refractivity contribution >= 4 is 11.6 Å². The van der Waals surface area contributed by atoms with Gasteiger partial charge < -0.3 is 8.83 Å². The Morgan fingerprint density at radius 2 is 2.25 bits per heavy atom. The highest BCUT2D eigenvalue weighted by Gasteiger charge is 2.09. The normalized spacial score (nSPS) is 10.8. The lowest BCUT2D eigenvalue weighted by Crippen LogP contribution is -1.83. The Balaban J connectivity index is 2.67. The first-order valence-corrected chi connectivity index (χ1v) is 3.90. The molecule has 62 valence electrons. The van der Waals surface area contributed by atoms with E-state index in [0.717, 1.165) is 5.56 Å². The maximum absolute atomic E-state index is 10.7. The highest BCUT2D eigenvalue weighted by Crippen LogP contribution is 2.21. The van der Waals surface area contributed by atoms with Gasteiger partial charge in [0.2, 0.25) is 0 Å². The second kappa shape index (κ2) is 2.68. The average Bonchev–Trinajstić information content (AvgIpc) is 2.43. The Kier molecular flexibility index (Phi) is 1.66. The summed E-state index contributed by atoms with van der Waals surface area (Å²) in [7, 11) is 0. The van der Waals surface area contributed by atoms with Crippen LogP contribution >= 0.6 is 11.6 Å². The quantitative estimate of drug-likeness (QED) is 0.638. The number of rotatable bonds is 1. The van der Waals surface area contributed by atoms with Crippen LogP contribution < -0.4 is 5.63 Å². The minimum absolute atomic E-state index is 0.287. The number of furan rings is 1. The van der Waals surface area contributed by atoms with Crippen molar-refractivity contribution in [3.8, 4) is 11.3 Å². The van der Waals surface area contributed by atoms with E-state index in [1.807, 2.05) is 0 Å². The molecule has 0 saturated heterocycles. The fourth-order valence-electron chi connectivity index (χ4n) is 1.01. The van der Waals surface area contributed by atoms with Gasteiger partial charge in [0.15, 0.2) is 5.76 Å². The summed E-state index contributed by atoms with van der Waals surface area (Å²) < 4.78 is 9.81. The molecule has 0 aromatic rings. The predicted octanol–water partition coefficient (Wildman–Crippen LogP) is 2.08. The molecule has 0 aromatic carbocycles. The van der Waals surface area contributed by atoms with Crippen molar-refractivity contribution in [2.75, 3.05) is 0 Å². The summed E-state index contributed by atoms with van der Waals surface area (Å²) in [4.78, 5) is 10.7. The van der Waals surface area contributed by atoms with Crippen molar-refractivity contribution in [3.63, 3.8) is 0 Å². The van der Waals surface area contributed by atoms with E-state index >= 15 is 0 Å². The van der Waals surface area contributed by atoms with E-state index in [1.54, 1.807) is 6.07 Å². The molecular weight excluding hydrogens is 180 g/mol. The van der Waals surface area contributed by atoms with Crippen LogP contribution in [0.2, 0.25) is 0 Å². The molecule has 0 bridgehead atoms. The Morgan fingerprint density at radius 1 is 1.42 bits per heavy atom. The molecule has 3 nitrogen and oxygen atoms in total. The molecule has 2 aliphatic rings. The standard InChI is InChI=1S/C8H5ClO3/c9-3-6-1-5-2-8(10)12-7(5)4-11-6/h1-2,4H,3H2. The summed E-state index contributed by atoms with van der Waals surface area (Å²) >= 11 is 5.53. The smallest absolute Gasteiger partial charge is 0.337 e. The van der Waals surface area contributed by atoms with Crippen LogP contribution in [0.4, 0.5) is 0 Å². The molecule has 0 unspecified atom stereocenters. The summed E-state index contributed by atoms with van der Waals surface area (Å²) in [5.74, 6) is 1.36. The van der Waals surface area contributed by atoms with Crippen LogP contribution in [0.15, 0.2) is 32.0 Å². The van der Waals surface area contributed by atoms with E-state index in [4.69, 9.17) is 20.4 Å². The summed E-state index contributed by atoms with van der Waals surface area (Å²) in [5.41, 5.74) is 0.355. The van der Waals surface area contributed by atoms with Gasteiger partial charge in [-0.25, -0.2) is 4.79 Å². The Labute approximate surface area is 72.9 Å². The third kappa shape index (κ3) is 1.12. The first-order chi connectivity index (χ1) is 5.79. The van der Waals surface area contributed by atoms with E-state index in [0.29, 0.717) is 11.5 Å². The molecule has 0 fully saturated rings. The summed E-state index contributed by atoms with van der Waals surface area (Å²) in [6, 6.07) is 3.09. The number of hydrogen-bond acceptors (Lipinski definition) is 3. The van der Waals surface area contributed by atoms with E-state index < -0.39 is 0 Å². The molecule has 0 aromatic heterocycles. The SMILES string of the molecule is O=c1cc2cc(CCl)occ-2o1. The van der Waals surface area contributed by atoms with E-state index in [9.17, 15) is 4.79 Å². The van der Waals surface area contributed by atoms with Gasteiger partial charge in [-0.2, -0.15) is 0 Å². The first kappa shape index (κ1) is 7.43. The number of fused-ring (bicyclic) bond motifs is 1. The molecule has 12 heavy (non-hydrogen) atoms. The van der Waals surface area contributed by atoms with Crippen LogP contribution in [0.5, 0.6) is 0 Å². The van der Waals surface area contributed by atoms with Gasteiger partial charge in [0.05, 0.1) is 5.88 Å². The minimum Gasteiger partial charge on any atom is -0.464 e. The highest BCUT2D eigenvalue weighted by molar-refractivity contribution is 6.16. The van der Waals surface area contributed by atoms with Gasteiger partial charge in [-0.3, -0.25) is 0 Å². The van der Waals surface area contributed by atoms with E-state index in [-0.39, 0.29) is 11.5 Å². The van der Waals surface area contributed by atoms with Gasteiger partial charge in [0.1, 0.15) is 12.0 Å². The molecule has 0 saturated carbocycles. The van der Waals surface area contributed by atoms with Crippen molar-refractivity contribution in [3.05, 3.63) is 34.6 Å². The van der Waals surface area contributed by atoms with Gasteiger partial charge in [-0.05, 0) is 6.07 Å². The summed E-state index contributed by atoms with van der Waals surface area (Å²) in [5, 5.41) is 0. The van der Waals surface area contributed by atoms with E-state index in [1.165, 1.54) is 12.3 Å². The zero-order chi connectivity index (χ0) is 8.55. The fraction of sp³-hybridized carbons (Fsp3) is 0.125. The van der Waals surface area contributed by atoms with Gasteiger partial charge in [-0.15, -0.1) is 11.6 Å². The molecule has 2 rings (SSSR count). The van der Waals surface area contributed by atoms with Crippen LogP contribution in [-0.4, -0.2) is 0 Å². The molecule has 0 spiro atoms. The lowest BCUT2D eigenvalue weighted by atomic mass is 10.2. The molecule has 0 atom stereocenters. The van der Waals surface area contributed by atoms with Crippen LogP contribution in [-0.2, 0) is 5.88 Å². The first-order valence-electron chi connectivity index (χ1n) is 3.37. The zero-order valence-corrected chi connectivity index (χ0v) is 6.80. The third-order valence-electron chi connectivity index (χ3n) is 1.53. The van der Waals surface area contributed by atoms with Crippen molar-refractivity contribution in [1.29, 1.82) is 0 Å². The van der Waals surface area contributed by atoms with Gasteiger partial charge >= 0.3 is 5.63 Å². The van der Waals surface area contributed by atoms with E-state index in [2.05, 4.69) is 0 Å². The summed E-state index contributed by atoms with van der Waals surface area (Å²) in [6.45, 7) is 0. The monoisotopic (exact) mass is 184 g/mol. The number of alkyl halides is 1. The van der Waals surface area contributed by atoms with Crippen LogP contribution in [0.3, 0.4) is 0 Å². The molecule has 2 heterocycles. The number of hydrogen-bond donors (Lipinski definition) is 0. The Bertz CT molecular complexity index is 415. The summed E-state index contributed by atoms with van der Waals surface area (Å²) in [6.07, 6.45) is 1.38. The second-order valence-electron chi connectivity index (χ2n) is 2.37. The number of halogens is 1. The average molecular weight is 185 g/mol.